The lowest BCUT2D eigenvalue weighted by Gasteiger charge is -2.43. The van der Waals surface area contributed by atoms with Crippen LogP contribution in [-0.2, 0) is 16.2 Å². The van der Waals surface area contributed by atoms with E-state index in [1.807, 2.05) is 11.3 Å². The molecule has 378 valence electrons. The SMILES string of the molecule is CC(C)(C)c1ccc(N2c3cccc4c3B(c3ccc(-c5ccc(-c6ccccc6)cc5)cc3N4c3ccc(C(C)(C)C)cc3-c3ccc4c5ccccc5c5ccccc5c4c3)c3sc4ccc(C(C)(C)C)cc4c32)cc1. The van der Waals surface area contributed by atoms with Gasteiger partial charge in [0.15, 0.2) is 0 Å². The van der Waals surface area contributed by atoms with Crippen molar-refractivity contribution < 1.29 is 0 Å². The summed E-state index contributed by atoms with van der Waals surface area (Å²) in [4.78, 5) is 5.24. The first-order chi connectivity index (χ1) is 37.6. The summed E-state index contributed by atoms with van der Waals surface area (Å²) in [5, 5.41) is 8.99. The zero-order chi connectivity index (χ0) is 53.4. The van der Waals surface area contributed by atoms with Gasteiger partial charge in [0.05, 0.1) is 11.4 Å². The summed E-state index contributed by atoms with van der Waals surface area (Å²) in [6.07, 6.45) is 0. The van der Waals surface area contributed by atoms with Gasteiger partial charge in [0, 0.05) is 43.2 Å². The molecule has 0 aliphatic carbocycles. The number of fused-ring (bicyclic) bond motifs is 12. The average Bonchev–Trinajstić information content (AvgIpc) is 4.03. The molecule has 0 spiro atoms. The van der Waals surface area contributed by atoms with Crippen molar-refractivity contribution in [1.82, 2.24) is 0 Å². The summed E-state index contributed by atoms with van der Waals surface area (Å²) in [6, 6.07) is 83.4. The van der Waals surface area contributed by atoms with Crippen LogP contribution >= 0.6 is 11.3 Å². The Morgan fingerprint density at radius 1 is 0.333 bits per heavy atom. The van der Waals surface area contributed by atoms with Crippen molar-refractivity contribution in [2.75, 3.05) is 9.80 Å². The van der Waals surface area contributed by atoms with Gasteiger partial charge in [-0.25, -0.2) is 0 Å². The maximum Gasteiger partial charge on any atom is 0.264 e. The Kier molecular flexibility index (Phi) is 10.9. The first-order valence-electron chi connectivity index (χ1n) is 27.8. The van der Waals surface area contributed by atoms with Crippen molar-refractivity contribution in [2.24, 2.45) is 0 Å². The Morgan fingerprint density at radius 3 is 1.49 bits per heavy atom. The summed E-state index contributed by atoms with van der Waals surface area (Å²) >= 11 is 1.97. The van der Waals surface area contributed by atoms with Gasteiger partial charge in [-0.1, -0.05) is 220 Å². The van der Waals surface area contributed by atoms with Gasteiger partial charge in [0.25, 0.3) is 6.71 Å². The van der Waals surface area contributed by atoms with Crippen LogP contribution in [-0.4, -0.2) is 6.71 Å². The molecule has 0 fully saturated rings. The molecular weight excluding hydrogens is 960 g/mol. The van der Waals surface area contributed by atoms with Crippen LogP contribution < -0.4 is 25.5 Å². The number of hydrogen-bond acceptors (Lipinski definition) is 3. The molecule has 0 saturated heterocycles. The molecule has 12 aromatic rings. The quantitative estimate of drug-likeness (QED) is 0.125. The highest BCUT2D eigenvalue weighted by Crippen LogP contribution is 2.51. The lowest BCUT2D eigenvalue weighted by atomic mass is 9.36. The first kappa shape index (κ1) is 48.2. The number of nitrogens with zero attached hydrogens (tertiary/aromatic N) is 2. The first-order valence-corrected chi connectivity index (χ1v) is 28.6. The summed E-state index contributed by atoms with van der Waals surface area (Å²) in [6.45, 7) is 20.9. The minimum absolute atomic E-state index is 0.00912. The van der Waals surface area contributed by atoms with Gasteiger partial charge < -0.3 is 9.80 Å². The minimum atomic E-state index is -0.0869. The molecule has 14 rings (SSSR count). The van der Waals surface area contributed by atoms with Crippen molar-refractivity contribution in [3.05, 3.63) is 235 Å². The predicted molar refractivity (Wildman–Crippen MR) is 341 cm³/mol. The monoisotopic (exact) mass is 1020 g/mol. The molecule has 3 heterocycles. The lowest BCUT2D eigenvalue weighted by Crippen LogP contribution is -2.60. The van der Waals surface area contributed by atoms with Crippen molar-refractivity contribution in [3.8, 4) is 33.4 Å². The molecular formula is C74H63BN2S. The Hall–Kier alpha value is -8.18. The van der Waals surface area contributed by atoms with Gasteiger partial charge in [-0.2, -0.15) is 0 Å². The largest absolute Gasteiger partial charge is 0.311 e. The highest BCUT2D eigenvalue weighted by molar-refractivity contribution is 7.33. The van der Waals surface area contributed by atoms with E-state index in [1.165, 1.54) is 137 Å². The van der Waals surface area contributed by atoms with Crippen LogP contribution in [0.1, 0.15) is 79.0 Å². The van der Waals surface area contributed by atoms with E-state index in [4.69, 9.17) is 0 Å². The maximum atomic E-state index is 2.63. The minimum Gasteiger partial charge on any atom is -0.311 e. The van der Waals surface area contributed by atoms with E-state index in [0.717, 1.165) is 5.69 Å². The van der Waals surface area contributed by atoms with Gasteiger partial charge in [-0.15, -0.1) is 11.3 Å². The fourth-order valence-electron chi connectivity index (χ4n) is 12.7. The Balaban J connectivity index is 1.05. The van der Waals surface area contributed by atoms with Crippen LogP contribution in [0, 0.1) is 0 Å². The van der Waals surface area contributed by atoms with Crippen molar-refractivity contribution in [1.29, 1.82) is 0 Å². The molecule has 0 bridgehead atoms. The number of rotatable bonds is 5. The zero-order valence-corrected chi connectivity index (χ0v) is 47.0. The molecule has 1 aromatic heterocycles. The normalized spacial score (nSPS) is 13.4. The average molecular weight is 1020 g/mol. The van der Waals surface area contributed by atoms with E-state index in [2.05, 4.69) is 291 Å². The highest BCUT2D eigenvalue weighted by atomic mass is 32.1. The van der Waals surface area contributed by atoms with E-state index in [1.54, 1.807) is 0 Å². The van der Waals surface area contributed by atoms with E-state index in [-0.39, 0.29) is 23.0 Å². The van der Waals surface area contributed by atoms with Gasteiger partial charge in [0.1, 0.15) is 0 Å². The molecule has 4 heteroatoms. The Morgan fingerprint density at radius 2 is 0.846 bits per heavy atom. The lowest BCUT2D eigenvalue weighted by molar-refractivity contribution is 0.590. The molecule has 0 N–H and O–H groups in total. The number of hydrogen-bond donors (Lipinski definition) is 0. The third-order valence-electron chi connectivity index (χ3n) is 16.9. The maximum absolute atomic E-state index is 2.63. The van der Waals surface area contributed by atoms with Crippen LogP contribution in [0.3, 0.4) is 0 Å². The zero-order valence-electron chi connectivity index (χ0n) is 46.2. The van der Waals surface area contributed by atoms with Gasteiger partial charge in [-0.05, 0) is 165 Å². The molecule has 0 saturated carbocycles. The van der Waals surface area contributed by atoms with Gasteiger partial charge >= 0.3 is 0 Å². The Labute approximate surface area is 464 Å². The van der Waals surface area contributed by atoms with E-state index in [9.17, 15) is 0 Å². The molecule has 0 amide bonds. The molecule has 0 radical (unpaired) electrons. The van der Waals surface area contributed by atoms with E-state index < -0.39 is 0 Å². The molecule has 78 heavy (non-hydrogen) atoms. The molecule has 2 nitrogen and oxygen atoms in total. The summed E-state index contributed by atoms with van der Waals surface area (Å²) in [7, 11) is 0. The van der Waals surface area contributed by atoms with Crippen LogP contribution in [0.5, 0.6) is 0 Å². The van der Waals surface area contributed by atoms with Crippen LogP contribution in [0.15, 0.2) is 218 Å². The molecule has 11 aromatic carbocycles. The number of thiophene rings is 1. The molecule has 2 aliphatic rings. The topological polar surface area (TPSA) is 6.48 Å². The summed E-state index contributed by atoms with van der Waals surface area (Å²) < 4.78 is 2.70. The molecule has 0 unspecified atom stereocenters. The van der Waals surface area contributed by atoms with Crippen LogP contribution in [0.25, 0.3) is 75.8 Å². The van der Waals surface area contributed by atoms with E-state index >= 15 is 0 Å². The van der Waals surface area contributed by atoms with Crippen LogP contribution in [0.2, 0.25) is 0 Å². The second-order valence-corrected chi connectivity index (χ2v) is 26.0. The van der Waals surface area contributed by atoms with Crippen molar-refractivity contribution >= 4 is 110 Å². The van der Waals surface area contributed by atoms with E-state index in [0.29, 0.717) is 0 Å². The second kappa shape index (κ2) is 17.7. The smallest absolute Gasteiger partial charge is 0.264 e. The third kappa shape index (κ3) is 7.74. The summed E-state index contributed by atoms with van der Waals surface area (Å²) in [5.74, 6) is 0. The fraction of sp³-hybridized carbons (Fsp3) is 0.162. The molecule has 0 atom stereocenters. The fourth-order valence-corrected chi connectivity index (χ4v) is 14.0. The van der Waals surface area contributed by atoms with Gasteiger partial charge in [0.2, 0.25) is 0 Å². The molecule has 2 aliphatic heterocycles. The number of anilines is 6. The Bertz CT molecular complexity index is 4340. The predicted octanol–water partition coefficient (Wildman–Crippen LogP) is 19.3. The van der Waals surface area contributed by atoms with Crippen molar-refractivity contribution in [3.63, 3.8) is 0 Å². The van der Waals surface area contributed by atoms with Crippen LogP contribution in [0.4, 0.5) is 34.1 Å². The van der Waals surface area contributed by atoms with Crippen molar-refractivity contribution in [2.45, 2.75) is 78.6 Å². The third-order valence-corrected chi connectivity index (χ3v) is 18.2. The van der Waals surface area contributed by atoms with Gasteiger partial charge in [-0.3, -0.25) is 0 Å². The number of benzene rings is 11. The standard InChI is InChI=1S/C74H63BN2S/c1-72(2,3)51-32-36-54(37-33-51)76-65-24-17-25-66-69(65)75(71-70(76)62-45-53(74(7,8)9)35-41-68(62)78-71)63-39-31-49(48-28-26-47(27-29-48)46-18-11-10-12-19-46)43-67(63)77(66)64-40-34-52(73(4,5)6)44-60(64)50-30-38-59-57-22-14-13-20-55(57)56-21-15-16-23-58(56)61(59)42-50/h10-45H,1-9H3. The summed E-state index contributed by atoms with van der Waals surface area (Å²) in [5.41, 5.74) is 21.1. The highest BCUT2D eigenvalue weighted by Gasteiger charge is 2.46. The second-order valence-electron chi connectivity index (χ2n) is 24.9.